The van der Waals surface area contributed by atoms with E-state index in [1.54, 1.807) is 7.05 Å². The number of nitrogens with two attached hydrogens (primary N) is 1. The molecule has 0 aliphatic heterocycles. The minimum atomic E-state index is 0.757. The van der Waals surface area contributed by atoms with Crippen molar-refractivity contribution in [2.45, 2.75) is 6.92 Å². The molecule has 68 valence electrons. The van der Waals surface area contributed by atoms with Crippen molar-refractivity contribution in [3.8, 4) is 0 Å². The molecule has 0 saturated heterocycles. The van der Waals surface area contributed by atoms with Gasteiger partial charge in [-0.15, -0.1) is 0 Å². The van der Waals surface area contributed by atoms with Crippen LogP contribution in [0.4, 0.5) is 5.69 Å². The highest BCUT2D eigenvalue weighted by Crippen LogP contribution is 2.17. The number of nitrogen functional groups attached to an aromatic ring is 1. The lowest BCUT2D eigenvalue weighted by Crippen LogP contribution is -1.85. The molecule has 3 nitrogen and oxygen atoms in total. The fourth-order valence-corrected chi connectivity index (χ4v) is 1.04. The van der Waals surface area contributed by atoms with Crippen LogP contribution in [0.1, 0.15) is 12.5 Å². The van der Waals surface area contributed by atoms with Crippen molar-refractivity contribution < 1.29 is 0 Å². The van der Waals surface area contributed by atoms with Crippen LogP contribution in [0.25, 0.3) is 5.70 Å². The molecular formula is C10H13N3. The Bertz CT molecular complexity index is 323. The van der Waals surface area contributed by atoms with Gasteiger partial charge in [-0.05, 0) is 19.1 Å². The van der Waals surface area contributed by atoms with Gasteiger partial charge >= 0.3 is 0 Å². The van der Waals surface area contributed by atoms with Crippen molar-refractivity contribution in [3.05, 3.63) is 35.9 Å². The van der Waals surface area contributed by atoms with Crippen LogP contribution in [-0.2, 0) is 0 Å². The smallest absolute Gasteiger partial charge is 0.0882 e. The van der Waals surface area contributed by atoms with Crippen molar-refractivity contribution in [2.24, 2.45) is 10.2 Å². The van der Waals surface area contributed by atoms with Crippen LogP contribution in [-0.4, -0.2) is 7.05 Å². The Morgan fingerprint density at radius 3 is 2.38 bits per heavy atom. The maximum absolute atomic E-state index is 5.57. The van der Waals surface area contributed by atoms with E-state index in [1.165, 1.54) is 0 Å². The molecule has 13 heavy (non-hydrogen) atoms. The Kier molecular flexibility index (Phi) is 3.20. The minimum absolute atomic E-state index is 0.757. The lowest BCUT2D eigenvalue weighted by molar-refractivity contribution is 1.17. The number of anilines is 1. The molecule has 0 radical (unpaired) electrons. The van der Waals surface area contributed by atoms with Gasteiger partial charge in [0.2, 0.25) is 0 Å². The molecule has 0 bridgehead atoms. The maximum Gasteiger partial charge on any atom is 0.0882 e. The van der Waals surface area contributed by atoms with Crippen molar-refractivity contribution in [1.29, 1.82) is 0 Å². The third-order valence-corrected chi connectivity index (χ3v) is 1.69. The lowest BCUT2D eigenvalue weighted by Gasteiger charge is -1.99. The molecule has 1 aromatic rings. The van der Waals surface area contributed by atoms with Gasteiger partial charge in [-0.3, -0.25) is 0 Å². The summed E-state index contributed by atoms with van der Waals surface area (Å²) in [5.41, 5.74) is 8.22. The van der Waals surface area contributed by atoms with E-state index in [0.717, 1.165) is 16.9 Å². The fraction of sp³-hybridized carbons (Fsp3) is 0.200. The van der Waals surface area contributed by atoms with Gasteiger partial charge in [-0.2, -0.15) is 10.2 Å². The van der Waals surface area contributed by atoms with E-state index in [-0.39, 0.29) is 0 Å². The average molecular weight is 175 g/mol. The summed E-state index contributed by atoms with van der Waals surface area (Å²) >= 11 is 0. The normalized spacial score (nSPS) is 12.3. The first-order chi connectivity index (χ1) is 6.27. The van der Waals surface area contributed by atoms with Gasteiger partial charge in [0, 0.05) is 18.3 Å². The summed E-state index contributed by atoms with van der Waals surface area (Å²) < 4.78 is 0. The van der Waals surface area contributed by atoms with Gasteiger partial charge in [-0.1, -0.05) is 18.2 Å². The lowest BCUT2D eigenvalue weighted by atomic mass is 10.1. The number of hydrogen-bond acceptors (Lipinski definition) is 3. The van der Waals surface area contributed by atoms with Gasteiger partial charge in [-0.25, -0.2) is 0 Å². The van der Waals surface area contributed by atoms with Gasteiger partial charge in [0.1, 0.15) is 0 Å². The molecule has 0 aliphatic rings. The summed E-state index contributed by atoms with van der Waals surface area (Å²) in [7, 11) is 1.65. The van der Waals surface area contributed by atoms with E-state index in [4.69, 9.17) is 5.73 Å². The summed E-state index contributed by atoms with van der Waals surface area (Å²) in [5.74, 6) is 0. The predicted octanol–water partition coefficient (Wildman–Crippen LogP) is 2.71. The largest absolute Gasteiger partial charge is 0.399 e. The summed E-state index contributed by atoms with van der Waals surface area (Å²) in [6.45, 7) is 1.93. The average Bonchev–Trinajstić information content (AvgIpc) is 2.16. The number of allylic oxidation sites excluding steroid dienone is 1. The zero-order chi connectivity index (χ0) is 9.68. The predicted molar refractivity (Wildman–Crippen MR) is 55.3 cm³/mol. The van der Waals surface area contributed by atoms with Crippen LogP contribution in [0.3, 0.4) is 0 Å². The summed E-state index contributed by atoms with van der Waals surface area (Å²) in [6, 6.07) is 7.56. The zero-order valence-corrected chi connectivity index (χ0v) is 7.86. The topological polar surface area (TPSA) is 50.7 Å². The Labute approximate surface area is 78.0 Å². The second-order valence-corrected chi connectivity index (χ2v) is 2.60. The first-order valence-corrected chi connectivity index (χ1v) is 4.10. The van der Waals surface area contributed by atoms with Crippen molar-refractivity contribution >= 4 is 11.4 Å². The number of rotatable bonds is 2. The molecule has 0 amide bonds. The van der Waals surface area contributed by atoms with E-state index >= 15 is 0 Å². The van der Waals surface area contributed by atoms with E-state index < -0.39 is 0 Å². The van der Waals surface area contributed by atoms with Crippen LogP contribution in [0.2, 0.25) is 0 Å². The highest BCUT2D eigenvalue weighted by Gasteiger charge is 1.97. The number of benzene rings is 1. The van der Waals surface area contributed by atoms with E-state index in [2.05, 4.69) is 10.2 Å². The molecule has 2 N–H and O–H groups in total. The number of azo groups is 1. The minimum Gasteiger partial charge on any atom is -0.399 e. The molecule has 3 heteroatoms. The Morgan fingerprint density at radius 1 is 1.31 bits per heavy atom. The Morgan fingerprint density at radius 2 is 1.92 bits per heavy atom. The SMILES string of the molecule is C/C=C(\N=NC)c1ccc(N)cc1. The van der Waals surface area contributed by atoms with Crippen LogP contribution >= 0.6 is 0 Å². The fourth-order valence-electron chi connectivity index (χ4n) is 1.04. The third-order valence-electron chi connectivity index (χ3n) is 1.69. The molecule has 0 spiro atoms. The second-order valence-electron chi connectivity index (χ2n) is 2.60. The molecule has 0 heterocycles. The Balaban J connectivity index is 3.00. The van der Waals surface area contributed by atoms with Crippen molar-refractivity contribution in [3.63, 3.8) is 0 Å². The number of nitrogens with zero attached hydrogens (tertiary/aromatic N) is 2. The maximum atomic E-state index is 5.57. The molecule has 1 aromatic carbocycles. The molecule has 1 rings (SSSR count). The summed E-state index contributed by atoms with van der Waals surface area (Å²) in [6.07, 6.45) is 1.92. The van der Waals surface area contributed by atoms with Crippen molar-refractivity contribution in [1.82, 2.24) is 0 Å². The first-order valence-electron chi connectivity index (χ1n) is 4.10. The van der Waals surface area contributed by atoms with Gasteiger partial charge in [0.05, 0.1) is 5.70 Å². The van der Waals surface area contributed by atoms with Gasteiger partial charge in [0.25, 0.3) is 0 Å². The second kappa shape index (κ2) is 4.40. The molecule has 0 aliphatic carbocycles. The van der Waals surface area contributed by atoms with E-state index in [1.807, 2.05) is 37.3 Å². The van der Waals surface area contributed by atoms with Crippen LogP contribution < -0.4 is 5.73 Å². The van der Waals surface area contributed by atoms with Crippen molar-refractivity contribution in [2.75, 3.05) is 12.8 Å². The van der Waals surface area contributed by atoms with E-state index in [9.17, 15) is 0 Å². The highest BCUT2D eigenvalue weighted by molar-refractivity contribution is 5.65. The molecule has 0 atom stereocenters. The third kappa shape index (κ3) is 2.40. The summed E-state index contributed by atoms with van der Waals surface area (Å²) in [5, 5.41) is 7.72. The monoisotopic (exact) mass is 175 g/mol. The van der Waals surface area contributed by atoms with Gasteiger partial charge < -0.3 is 5.73 Å². The highest BCUT2D eigenvalue weighted by atomic mass is 15.1. The summed E-state index contributed by atoms with van der Waals surface area (Å²) in [4.78, 5) is 0. The molecule has 0 saturated carbocycles. The van der Waals surface area contributed by atoms with Crippen LogP contribution in [0.15, 0.2) is 40.6 Å². The number of hydrogen-bond donors (Lipinski definition) is 1. The van der Waals surface area contributed by atoms with Crippen LogP contribution in [0.5, 0.6) is 0 Å². The first kappa shape index (κ1) is 9.45. The Hall–Kier alpha value is -1.64. The molecule has 0 unspecified atom stereocenters. The quantitative estimate of drug-likeness (QED) is 0.545. The zero-order valence-electron chi connectivity index (χ0n) is 7.86. The standard InChI is InChI=1S/C10H13N3/c1-3-10(13-12-2)8-4-6-9(11)7-5-8/h3-7H,11H2,1-2H3/b10-3-,13-12?. The molecule has 0 aromatic heterocycles. The molecule has 0 fully saturated rings. The van der Waals surface area contributed by atoms with Gasteiger partial charge in [0.15, 0.2) is 0 Å². The molecular weight excluding hydrogens is 162 g/mol. The van der Waals surface area contributed by atoms with Crippen LogP contribution in [0, 0.1) is 0 Å². The van der Waals surface area contributed by atoms with E-state index in [0.29, 0.717) is 0 Å².